The van der Waals surface area contributed by atoms with Crippen LogP contribution in [0, 0.1) is 0 Å². The summed E-state index contributed by atoms with van der Waals surface area (Å²) in [5, 5.41) is 2.94. The lowest BCUT2D eigenvalue weighted by molar-refractivity contribution is 0.0519. The predicted molar refractivity (Wildman–Crippen MR) is 94.7 cm³/mol. The van der Waals surface area contributed by atoms with Gasteiger partial charge in [-0.15, -0.1) is 0 Å². The molecule has 6 heteroatoms. The van der Waals surface area contributed by atoms with Crippen LogP contribution in [0.15, 0.2) is 53.8 Å². The number of ether oxygens (including phenoxy) is 2. The van der Waals surface area contributed by atoms with Gasteiger partial charge < -0.3 is 14.5 Å². The van der Waals surface area contributed by atoms with Crippen LogP contribution in [0.3, 0.4) is 0 Å². The number of imidazole rings is 1. The van der Waals surface area contributed by atoms with Crippen molar-refractivity contribution in [2.75, 3.05) is 19.0 Å². The molecule has 0 aliphatic heterocycles. The van der Waals surface area contributed by atoms with Gasteiger partial charge in [0.15, 0.2) is 5.16 Å². The number of carbonyl (C=O) groups is 1. The van der Waals surface area contributed by atoms with Crippen molar-refractivity contribution >= 4 is 28.5 Å². The molecular weight excluding hydrogens is 324 g/mol. The standard InChI is InChI=1S/C18H18N2O3S/c1-2-22-17(21)15-12-19-18(20-15)24-11-10-23-16-9-5-7-13-6-3-4-8-14(13)16/h3-9,12H,2,10-11H2,1H3,(H,19,20). The second-order valence-corrected chi connectivity index (χ2v) is 6.08. The number of rotatable bonds is 7. The Morgan fingerprint density at radius 2 is 2.04 bits per heavy atom. The van der Waals surface area contributed by atoms with Gasteiger partial charge in [-0.3, -0.25) is 0 Å². The van der Waals surface area contributed by atoms with Gasteiger partial charge in [-0.05, 0) is 18.4 Å². The van der Waals surface area contributed by atoms with Crippen molar-refractivity contribution in [2.45, 2.75) is 12.1 Å². The first-order valence-corrected chi connectivity index (χ1v) is 8.72. The van der Waals surface area contributed by atoms with Gasteiger partial charge in [0.05, 0.1) is 19.4 Å². The van der Waals surface area contributed by atoms with Crippen LogP contribution in [0.4, 0.5) is 0 Å². The van der Waals surface area contributed by atoms with E-state index in [1.807, 2.05) is 24.3 Å². The van der Waals surface area contributed by atoms with E-state index in [4.69, 9.17) is 9.47 Å². The minimum Gasteiger partial charge on any atom is -0.492 e. The van der Waals surface area contributed by atoms with E-state index in [0.29, 0.717) is 24.1 Å². The maximum Gasteiger partial charge on any atom is 0.356 e. The molecule has 1 N–H and O–H groups in total. The highest BCUT2D eigenvalue weighted by molar-refractivity contribution is 7.99. The Kier molecular flexibility index (Phi) is 5.38. The lowest BCUT2D eigenvalue weighted by Gasteiger charge is -2.08. The average molecular weight is 342 g/mol. The number of nitrogens with zero attached hydrogens (tertiary/aromatic N) is 1. The van der Waals surface area contributed by atoms with E-state index in [1.54, 1.807) is 6.92 Å². The molecule has 2 aromatic carbocycles. The van der Waals surface area contributed by atoms with Crippen LogP contribution >= 0.6 is 11.8 Å². The molecule has 3 aromatic rings. The zero-order valence-electron chi connectivity index (χ0n) is 13.3. The molecule has 0 aliphatic rings. The SMILES string of the molecule is CCOC(=O)c1cnc(SCCOc2cccc3ccccc23)[nH]1. The molecule has 0 saturated heterocycles. The highest BCUT2D eigenvalue weighted by atomic mass is 32.2. The quantitative estimate of drug-likeness (QED) is 0.401. The Balaban J connectivity index is 1.53. The van der Waals surface area contributed by atoms with Crippen molar-refractivity contribution in [2.24, 2.45) is 0 Å². The summed E-state index contributed by atoms with van der Waals surface area (Å²) in [5.74, 6) is 1.21. The molecule has 1 heterocycles. The number of nitrogens with one attached hydrogen (secondary N) is 1. The second kappa shape index (κ2) is 7.88. The van der Waals surface area contributed by atoms with Gasteiger partial charge >= 0.3 is 5.97 Å². The summed E-state index contributed by atoms with van der Waals surface area (Å²) >= 11 is 1.50. The van der Waals surface area contributed by atoms with E-state index in [1.165, 1.54) is 18.0 Å². The van der Waals surface area contributed by atoms with Gasteiger partial charge in [0.1, 0.15) is 11.4 Å². The first kappa shape index (κ1) is 16.4. The molecule has 0 radical (unpaired) electrons. The van der Waals surface area contributed by atoms with E-state index < -0.39 is 0 Å². The average Bonchev–Trinajstić information content (AvgIpc) is 3.08. The summed E-state index contributed by atoms with van der Waals surface area (Å²) in [5.41, 5.74) is 0.370. The third-order valence-corrected chi connectivity index (χ3v) is 4.23. The van der Waals surface area contributed by atoms with Crippen molar-refractivity contribution in [1.29, 1.82) is 0 Å². The number of benzene rings is 2. The summed E-state index contributed by atoms with van der Waals surface area (Å²) in [4.78, 5) is 18.7. The van der Waals surface area contributed by atoms with Crippen LogP contribution in [-0.2, 0) is 4.74 Å². The first-order valence-electron chi connectivity index (χ1n) is 7.73. The molecule has 24 heavy (non-hydrogen) atoms. The highest BCUT2D eigenvalue weighted by Crippen LogP contribution is 2.25. The normalized spacial score (nSPS) is 10.7. The minimum atomic E-state index is -0.385. The van der Waals surface area contributed by atoms with Gasteiger partial charge in [0, 0.05) is 11.1 Å². The van der Waals surface area contributed by atoms with Crippen molar-refractivity contribution in [3.63, 3.8) is 0 Å². The van der Waals surface area contributed by atoms with Crippen LogP contribution in [0.25, 0.3) is 10.8 Å². The fourth-order valence-corrected chi connectivity index (χ4v) is 2.97. The zero-order valence-corrected chi connectivity index (χ0v) is 14.1. The van der Waals surface area contributed by atoms with Crippen molar-refractivity contribution in [3.05, 3.63) is 54.4 Å². The zero-order chi connectivity index (χ0) is 16.8. The number of aromatic amines is 1. The molecule has 0 bridgehead atoms. The summed E-state index contributed by atoms with van der Waals surface area (Å²) in [6.07, 6.45) is 1.49. The fraction of sp³-hybridized carbons (Fsp3) is 0.222. The highest BCUT2D eigenvalue weighted by Gasteiger charge is 2.10. The maximum atomic E-state index is 11.6. The maximum absolute atomic E-state index is 11.6. The molecular formula is C18H18N2O3S. The topological polar surface area (TPSA) is 64.2 Å². The number of thioether (sulfide) groups is 1. The van der Waals surface area contributed by atoms with Gasteiger partial charge in [0.2, 0.25) is 0 Å². The van der Waals surface area contributed by atoms with Crippen molar-refractivity contribution in [3.8, 4) is 5.75 Å². The lowest BCUT2D eigenvalue weighted by Crippen LogP contribution is -2.04. The molecule has 0 aliphatic carbocycles. The van der Waals surface area contributed by atoms with Crippen molar-refractivity contribution in [1.82, 2.24) is 9.97 Å². The molecule has 5 nitrogen and oxygen atoms in total. The van der Waals surface area contributed by atoms with Crippen LogP contribution in [-0.4, -0.2) is 34.9 Å². The number of aromatic nitrogens is 2. The number of H-pyrrole nitrogens is 1. The van der Waals surface area contributed by atoms with Gasteiger partial charge in [0.25, 0.3) is 0 Å². The molecule has 124 valence electrons. The Morgan fingerprint density at radius 3 is 2.92 bits per heavy atom. The summed E-state index contributed by atoms with van der Waals surface area (Å²) < 4.78 is 10.8. The van der Waals surface area contributed by atoms with Crippen LogP contribution < -0.4 is 4.74 Å². The third kappa shape index (κ3) is 3.89. The van der Waals surface area contributed by atoms with E-state index >= 15 is 0 Å². The molecule has 1 aromatic heterocycles. The first-order chi connectivity index (χ1) is 11.8. The van der Waals surface area contributed by atoms with Crippen LogP contribution in [0.1, 0.15) is 17.4 Å². The Bertz CT molecular complexity index is 827. The largest absolute Gasteiger partial charge is 0.492 e. The summed E-state index contributed by atoms with van der Waals surface area (Å²) in [6, 6.07) is 14.2. The predicted octanol–water partition coefficient (Wildman–Crippen LogP) is 3.91. The summed E-state index contributed by atoms with van der Waals surface area (Å²) in [6.45, 7) is 2.67. The molecule has 3 rings (SSSR count). The second-order valence-electron chi connectivity index (χ2n) is 5.00. The third-order valence-electron chi connectivity index (χ3n) is 3.38. The Hall–Kier alpha value is -2.47. The van der Waals surface area contributed by atoms with E-state index in [2.05, 4.69) is 28.2 Å². The van der Waals surface area contributed by atoms with E-state index in [0.717, 1.165) is 22.3 Å². The lowest BCUT2D eigenvalue weighted by atomic mass is 10.1. The van der Waals surface area contributed by atoms with Gasteiger partial charge in [-0.1, -0.05) is 48.2 Å². The van der Waals surface area contributed by atoms with E-state index in [-0.39, 0.29) is 5.97 Å². The molecule has 0 unspecified atom stereocenters. The Morgan fingerprint density at radius 1 is 1.21 bits per heavy atom. The fourth-order valence-electron chi connectivity index (χ4n) is 2.30. The van der Waals surface area contributed by atoms with E-state index in [9.17, 15) is 4.79 Å². The molecule has 0 saturated carbocycles. The molecule has 0 spiro atoms. The smallest absolute Gasteiger partial charge is 0.356 e. The van der Waals surface area contributed by atoms with Crippen LogP contribution in [0.5, 0.6) is 5.75 Å². The Labute approximate surface area is 144 Å². The molecule has 0 fully saturated rings. The number of carbonyl (C=O) groups excluding carboxylic acids is 1. The van der Waals surface area contributed by atoms with Crippen LogP contribution in [0.2, 0.25) is 0 Å². The molecule has 0 atom stereocenters. The number of hydrogen-bond acceptors (Lipinski definition) is 5. The van der Waals surface area contributed by atoms with Gasteiger partial charge in [-0.25, -0.2) is 9.78 Å². The molecule has 0 amide bonds. The minimum absolute atomic E-state index is 0.346. The summed E-state index contributed by atoms with van der Waals surface area (Å²) in [7, 11) is 0. The van der Waals surface area contributed by atoms with Gasteiger partial charge in [-0.2, -0.15) is 0 Å². The number of esters is 1. The monoisotopic (exact) mass is 342 g/mol. The van der Waals surface area contributed by atoms with Crippen molar-refractivity contribution < 1.29 is 14.3 Å². The number of hydrogen-bond donors (Lipinski definition) is 1. The number of fused-ring (bicyclic) bond motifs is 1.